The minimum absolute atomic E-state index is 0.0357. The van der Waals surface area contributed by atoms with E-state index in [4.69, 9.17) is 9.47 Å². The first-order chi connectivity index (χ1) is 11.2. The van der Waals surface area contributed by atoms with Gasteiger partial charge in [0, 0.05) is 0 Å². The average molecular weight is 310 g/mol. The fraction of sp³-hybridized carbons (Fsp3) is 0.222. The Kier molecular flexibility index (Phi) is 4.28. The molecule has 3 rings (SSSR count). The lowest BCUT2D eigenvalue weighted by Crippen LogP contribution is -2.26. The topological polar surface area (TPSA) is 53.4 Å². The maximum absolute atomic E-state index is 12.5. The van der Waals surface area contributed by atoms with Crippen molar-refractivity contribution in [3.63, 3.8) is 0 Å². The zero-order valence-corrected chi connectivity index (χ0v) is 13.2. The Morgan fingerprint density at radius 2 is 1.74 bits per heavy atom. The number of para-hydroxylation sites is 1. The van der Waals surface area contributed by atoms with Crippen molar-refractivity contribution in [2.75, 3.05) is 13.7 Å². The third-order valence-corrected chi connectivity index (χ3v) is 3.70. The lowest BCUT2D eigenvalue weighted by atomic mass is 10.2. The van der Waals surface area contributed by atoms with Gasteiger partial charge in [0.05, 0.1) is 24.6 Å². The fourth-order valence-electron chi connectivity index (χ4n) is 2.47. The fourth-order valence-corrected chi connectivity index (χ4v) is 2.47. The molecule has 0 N–H and O–H groups in total. The molecule has 23 heavy (non-hydrogen) atoms. The van der Waals surface area contributed by atoms with Gasteiger partial charge in [0.2, 0.25) is 0 Å². The first kappa shape index (κ1) is 15.1. The van der Waals surface area contributed by atoms with Gasteiger partial charge in [0.15, 0.2) is 0 Å². The second-order valence-electron chi connectivity index (χ2n) is 5.16. The molecular weight excluding hydrogens is 292 g/mol. The van der Waals surface area contributed by atoms with E-state index in [0.29, 0.717) is 24.4 Å². The van der Waals surface area contributed by atoms with Crippen molar-refractivity contribution < 1.29 is 9.47 Å². The van der Waals surface area contributed by atoms with Crippen LogP contribution in [0.25, 0.3) is 10.9 Å². The minimum Gasteiger partial charge on any atom is -0.497 e. The first-order valence-electron chi connectivity index (χ1n) is 7.42. The van der Waals surface area contributed by atoms with Crippen molar-refractivity contribution >= 4 is 10.9 Å². The van der Waals surface area contributed by atoms with Crippen molar-refractivity contribution in [3.8, 4) is 11.5 Å². The van der Waals surface area contributed by atoms with Gasteiger partial charge in [-0.15, -0.1) is 0 Å². The third-order valence-electron chi connectivity index (χ3n) is 3.70. The van der Waals surface area contributed by atoms with Gasteiger partial charge in [0.1, 0.15) is 23.9 Å². The van der Waals surface area contributed by atoms with Crippen LogP contribution in [0.4, 0.5) is 0 Å². The van der Waals surface area contributed by atoms with E-state index in [2.05, 4.69) is 4.98 Å². The molecular formula is C18H18N2O3. The second-order valence-corrected chi connectivity index (χ2v) is 5.16. The molecule has 0 aliphatic carbocycles. The SMILES string of the molecule is COc1ccc(OCCn2c(C)nc3ccccc3c2=O)cc1. The van der Waals surface area contributed by atoms with Gasteiger partial charge in [0.25, 0.3) is 5.56 Å². The van der Waals surface area contributed by atoms with Crippen LogP contribution in [0.3, 0.4) is 0 Å². The zero-order chi connectivity index (χ0) is 16.2. The summed E-state index contributed by atoms with van der Waals surface area (Å²) in [6.45, 7) is 2.68. The van der Waals surface area contributed by atoms with Gasteiger partial charge in [-0.1, -0.05) is 12.1 Å². The quantitative estimate of drug-likeness (QED) is 0.727. The number of aryl methyl sites for hydroxylation is 1. The lowest BCUT2D eigenvalue weighted by molar-refractivity contribution is 0.294. The molecule has 0 spiro atoms. The van der Waals surface area contributed by atoms with Crippen molar-refractivity contribution in [2.45, 2.75) is 13.5 Å². The molecule has 5 heteroatoms. The second kappa shape index (κ2) is 6.52. The van der Waals surface area contributed by atoms with E-state index in [1.807, 2.05) is 49.4 Å². The summed E-state index contributed by atoms with van der Waals surface area (Å²) in [6.07, 6.45) is 0. The van der Waals surface area contributed by atoms with Crippen molar-refractivity contribution in [1.29, 1.82) is 0 Å². The normalized spacial score (nSPS) is 10.7. The van der Waals surface area contributed by atoms with Crippen LogP contribution in [0.2, 0.25) is 0 Å². The van der Waals surface area contributed by atoms with E-state index in [1.165, 1.54) is 0 Å². The van der Waals surface area contributed by atoms with Gasteiger partial charge in [-0.25, -0.2) is 4.98 Å². The Balaban J connectivity index is 1.75. The molecule has 0 saturated carbocycles. The highest BCUT2D eigenvalue weighted by Gasteiger charge is 2.07. The number of rotatable bonds is 5. The predicted molar refractivity (Wildman–Crippen MR) is 89.2 cm³/mol. The van der Waals surface area contributed by atoms with Gasteiger partial charge < -0.3 is 9.47 Å². The Morgan fingerprint density at radius 1 is 1.04 bits per heavy atom. The van der Waals surface area contributed by atoms with Crippen LogP contribution in [0.1, 0.15) is 5.82 Å². The largest absolute Gasteiger partial charge is 0.497 e. The Bertz CT molecular complexity index is 870. The molecule has 0 saturated heterocycles. The van der Waals surface area contributed by atoms with Gasteiger partial charge in [-0.2, -0.15) is 0 Å². The van der Waals surface area contributed by atoms with Crippen molar-refractivity contribution in [1.82, 2.24) is 9.55 Å². The molecule has 1 heterocycles. The summed E-state index contributed by atoms with van der Waals surface area (Å²) in [5.74, 6) is 2.21. The number of fused-ring (bicyclic) bond motifs is 1. The molecule has 0 bridgehead atoms. The molecule has 0 unspecified atom stereocenters. The van der Waals surface area contributed by atoms with E-state index in [1.54, 1.807) is 17.7 Å². The van der Waals surface area contributed by atoms with E-state index in [9.17, 15) is 4.79 Å². The molecule has 0 aliphatic rings. The molecule has 0 fully saturated rings. The van der Waals surface area contributed by atoms with E-state index in [0.717, 1.165) is 17.0 Å². The van der Waals surface area contributed by atoms with Crippen molar-refractivity contribution in [2.24, 2.45) is 0 Å². The summed E-state index contributed by atoms with van der Waals surface area (Å²) >= 11 is 0. The summed E-state index contributed by atoms with van der Waals surface area (Å²) < 4.78 is 12.4. The van der Waals surface area contributed by atoms with Crippen LogP contribution in [0.15, 0.2) is 53.3 Å². The van der Waals surface area contributed by atoms with Crippen LogP contribution < -0.4 is 15.0 Å². The molecule has 0 aliphatic heterocycles. The Hall–Kier alpha value is -2.82. The number of aromatic nitrogens is 2. The highest BCUT2D eigenvalue weighted by atomic mass is 16.5. The summed E-state index contributed by atoms with van der Waals surface area (Å²) in [7, 11) is 1.62. The van der Waals surface area contributed by atoms with E-state index >= 15 is 0 Å². The zero-order valence-electron chi connectivity index (χ0n) is 13.2. The van der Waals surface area contributed by atoms with Gasteiger partial charge in [-0.05, 0) is 43.3 Å². The number of hydrogen-bond acceptors (Lipinski definition) is 4. The molecule has 0 radical (unpaired) electrons. The predicted octanol–water partition coefficient (Wildman–Crippen LogP) is 2.79. The maximum Gasteiger partial charge on any atom is 0.261 e. The monoisotopic (exact) mass is 310 g/mol. The number of ether oxygens (including phenoxy) is 2. The first-order valence-corrected chi connectivity index (χ1v) is 7.42. The average Bonchev–Trinajstić information content (AvgIpc) is 2.58. The van der Waals surface area contributed by atoms with E-state index in [-0.39, 0.29) is 5.56 Å². The number of hydrogen-bond donors (Lipinski definition) is 0. The molecule has 0 atom stereocenters. The van der Waals surface area contributed by atoms with E-state index < -0.39 is 0 Å². The van der Waals surface area contributed by atoms with Gasteiger partial charge >= 0.3 is 0 Å². The minimum atomic E-state index is -0.0357. The summed E-state index contributed by atoms with van der Waals surface area (Å²) in [5.41, 5.74) is 0.689. The van der Waals surface area contributed by atoms with Gasteiger partial charge in [-0.3, -0.25) is 9.36 Å². The van der Waals surface area contributed by atoms with Crippen molar-refractivity contribution in [3.05, 3.63) is 64.7 Å². The molecule has 2 aromatic carbocycles. The molecule has 5 nitrogen and oxygen atoms in total. The number of methoxy groups -OCH3 is 1. The highest BCUT2D eigenvalue weighted by Crippen LogP contribution is 2.17. The van der Waals surface area contributed by atoms with Crippen LogP contribution in [-0.2, 0) is 6.54 Å². The summed E-state index contributed by atoms with van der Waals surface area (Å²) in [4.78, 5) is 17.0. The Labute approximate surface area is 134 Å². The smallest absolute Gasteiger partial charge is 0.261 e. The molecule has 0 amide bonds. The Morgan fingerprint density at radius 3 is 2.48 bits per heavy atom. The number of nitrogens with zero attached hydrogens (tertiary/aromatic N) is 2. The molecule has 1 aromatic heterocycles. The number of benzene rings is 2. The third kappa shape index (κ3) is 3.18. The van der Waals surface area contributed by atoms with Crippen LogP contribution in [0.5, 0.6) is 11.5 Å². The van der Waals surface area contributed by atoms with Crippen LogP contribution in [0, 0.1) is 6.92 Å². The summed E-state index contributed by atoms with van der Waals surface area (Å²) in [5, 5.41) is 0.627. The molecule has 3 aromatic rings. The molecule has 118 valence electrons. The lowest BCUT2D eigenvalue weighted by Gasteiger charge is -2.12. The van der Waals surface area contributed by atoms with Crippen LogP contribution >= 0.6 is 0 Å². The highest BCUT2D eigenvalue weighted by molar-refractivity contribution is 5.77. The summed E-state index contributed by atoms with van der Waals surface area (Å²) in [6, 6.07) is 14.7. The standard InChI is InChI=1S/C18H18N2O3/c1-13-19-17-6-4-3-5-16(17)18(21)20(13)11-12-23-15-9-7-14(22-2)8-10-15/h3-10H,11-12H2,1-2H3. The van der Waals surface area contributed by atoms with Crippen LogP contribution in [-0.4, -0.2) is 23.3 Å². The maximum atomic E-state index is 12.5.